The molecule has 0 radical (unpaired) electrons. The molecule has 0 heterocycles. The highest BCUT2D eigenvalue weighted by atomic mass is 127. The Morgan fingerprint density at radius 2 is 1.74 bits per heavy atom. The lowest BCUT2D eigenvalue weighted by atomic mass is 9.91. The van der Waals surface area contributed by atoms with Gasteiger partial charge in [-0.25, -0.2) is 8.42 Å². The van der Waals surface area contributed by atoms with Crippen LogP contribution in [0, 0.1) is 12.8 Å². The predicted molar refractivity (Wildman–Crippen MR) is 124 cm³/mol. The van der Waals surface area contributed by atoms with Gasteiger partial charge >= 0.3 is 0 Å². The summed E-state index contributed by atoms with van der Waals surface area (Å²) < 4.78 is 23.4. The van der Waals surface area contributed by atoms with Gasteiger partial charge in [-0.3, -0.25) is 4.99 Å². The second-order valence-electron chi connectivity index (χ2n) is 7.39. The Balaban J connectivity index is 0.00000364. The molecule has 0 aromatic heterocycles. The first-order valence-electron chi connectivity index (χ1n) is 9.64. The molecule has 2 N–H and O–H groups in total. The summed E-state index contributed by atoms with van der Waals surface area (Å²) in [5, 5.41) is 6.78. The summed E-state index contributed by atoms with van der Waals surface area (Å²) in [7, 11) is -1.39. The van der Waals surface area contributed by atoms with Gasteiger partial charge < -0.3 is 10.6 Å². The molecular formula is C20H34IN3O2S. The van der Waals surface area contributed by atoms with Crippen LogP contribution in [0.3, 0.4) is 0 Å². The highest BCUT2D eigenvalue weighted by molar-refractivity contribution is 14.0. The molecule has 1 saturated carbocycles. The molecule has 2 rings (SSSR count). The highest BCUT2D eigenvalue weighted by Gasteiger charge is 2.13. The highest BCUT2D eigenvalue weighted by Crippen LogP contribution is 2.21. The minimum Gasteiger partial charge on any atom is -0.356 e. The van der Waals surface area contributed by atoms with E-state index in [1.54, 1.807) is 13.1 Å². The lowest BCUT2D eigenvalue weighted by Gasteiger charge is -2.21. The molecule has 1 fully saturated rings. The molecule has 0 bridgehead atoms. The fourth-order valence-electron chi connectivity index (χ4n) is 3.63. The van der Waals surface area contributed by atoms with E-state index < -0.39 is 9.84 Å². The summed E-state index contributed by atoms with van der Waals surface area (Å²) in [6.07, 6.45) is 10.6. The largest absolute Gasteiger partial charge is 0.356 e. The summed E-state index contributed by atoms with van der Waals surface area (Å²) >= 11 is 0. The molecule has 1 aliphatic rings. The standard InChI is InChI=1S/C20H33N3O2S.HI/c1-16-13-18(11-12-19(16)26(3,24)25)15-23-20(21-2)22-14-17-9-7-5-4-6-8-10-17;/h11-13,17H,4-10,14-15H2,1-3H3,(H2,21,22,23);1H. The van der Waals surface area contributed by atoms with E-state index in [-0.39, 0.29) is 24.0 Å². The maximum absolute atomic E-state index is 11.7. The van der Waals surface area contributed by atoms with E-state index in [9.17, 15) is 8.42 Å². The third-order valence-electron chi connectivity index (χ3n) is 5.11. The fraction of sp³-hybridized carbons (Fsp3) is 0.650. The second-order valence-corrected chi connectivity index (χ2v) is 9.37. The first-order valence-corrected chi connectivity index (χ1v) is 11.5. The predicted octanol–water partition coefficient (Wildman–Crippen LogP) is 4.04. The van der Waals surface area contributed by atoms with Crippen LogP contribution in [0.25, 0.3) is 0 Å². The van der Waals surface area contributed by atoms with Crippen LogP contribution in [0.5, 0.6) is 0 Å². The first-order chi connectivity index (χ1) is 12.4. The minimum atomic E-state index is -3.17. The van der Waals surface area contributed by atoms with Crippen LogP contribution in [0.2, 0.25) is 0 Å². The summed E-state index contributed by atoms with van der Waals surface area (Å²) in [5.41, 5.74) is 1.83. The summed E-state index contributed by atoms with van der Waals surface area (Å²) in [5.74, 6) is 1.53. The van der Waals surface area contributed by atoms with Gasteiger partial charge in [0.25, 0.3) is 0 Å². The van der Waals surface area contributed by atoms with Gasteiger partial charge in [0.2, 0.25) is 0 Å². The van der Waals surface area contributed by atoms with Crippen LogP contribution in [-0.2, 0) is 16.4 Å². The van der Waals surface area contributed by atoms with Gasteiger partial charge in [-0.15, -0.1) is 24.0 Å². The zero-order valence-corrected chi connectivity index (χ0v) is 19.9. The number of hydrogen-bond acceptors (Lipinski definition) is 3. The third-order valence-corrected chi connectivity index (χ3v) is 6.36. The number of rotatable bonds is 5. The number of aryl methyl sites for hydroxylation is 1. The molecule has 0 saturated heterocycles. The Morgan fingerprint density at radius 3 is 2.30 bits per heavy atom. The molecule has 5 nitrogen and oxygen atoms in total. The monoisotopic (exact) mass is 507 g/mol. The zero-order chi connectivity index (χ0) is 19.0. The number of aliphatic imine (C=N–C) groups is 1. The van der Waals surface area contributed by atoms with Gasteiger partial charge in [0.1, 0.15) is 0 Å². The molecule has 27 heavy (non-hydrogen) atoms. The lowest BCUT2D eigenvalue weighted by molar-refractivity contribution is 0.375. The molecule has 1 aliphatic carbocycles. The van der Waals surface area contributed by atoms with E-state index >= 15 is 0 Å². The molecule has 0 spiro atoms. The molecular weight excluding hydrogens is 473 g/mol. The van der Waals surface area contributed by atoms with Gasteiger partial charge in [-0.2, -0.15) is 0 Å². The number of halogens is 1. The Kier molecular flexibility index (Phi) is 10.7. The van der Waals surface area contributed by atoms with Crippen molar-refractivity contribution in [3.8, 4) is 0 Å². The Bertz CT molecular complexity index is 712. The normalized spacial score (nSPS) is 16.8. The topological polar surface area (TPSA) is 70.6 Å². The quantitative estimate of drug-likeness (QED) is 0.359. The van der Waals surface area contributed by atoms with Gasteiger partial charge in [-0.1, -0.05) is 44.2 Å². The van der Waals surface area contributed by atoms with Crippen molar-refractivity contribution >= 4 is 39.8 Å². The van der Waals surface area contributed by atoms with E-state index in [0.717, 1.165) is 29.5 Å². The smallest absolute Gasteiger partial charge is 0.191 e. The number of nitrogens with zero attached hydrogens (tertiary/aromatic N) is 1. The number of sulfone groups is 1. The minimum absolute atomic E-state index is 0. The third kappa shape index (κ3) is 8.37. The van der Waals surface area contributed by atoms with E-state index in [4.69, 9.17) is 0 Å². The Hall–Kier alpha value is -0.830. The number of guanidine groups is 1. The Labute approximate surface area is 181 Å². The zero-order valence-electron chi connectivity index (χ0n) is 16.8. The molecule has 0 unspecified atom stereocenters. The van der Waals surface area contributed by atoms with Crippen LogP contribution >= 0.6 is 24.0 Å². The fourth-order valence-corrected chi connectivity index (χ4v) is 4.59. The summed E-state index contributed by atoms with van der Waals surface area (Å²) in [6, 6.07) is 5.47. The van der Waals surface area contributed by atoms with E-state index in [2.05, 4.69) is 15.6 Å². The van der Waals surface area contributed by atoms with E-state index in [0.29, 0.717) is 11.4 Å². The molecule has 0 amide bonds. The van der Waals surface area contributed by atoms with E-state index in [1.807, 2.05) is 19.1 Å². The van der Waals surface area contributed by atoms with Gasteiger partial charge in [-0.05, 0) is 42.9 Å². The van der Waals surface area contributed by atoms with E-state index in [1.165, 1.54) is 51.2 Å². The van der Waals surface area contributed by atoms with Crippen LogP contribution < -0.4 is 10.6 Å². The molecule has 1 aromatic carbocycles. The van der Waals surface area contributed by atoms with Crippen molar-refractivity contribution in [1.29, 1.82) is 0 Å². The lowest BCUT2D eigenvalue weighted by Crippen LogP contribution is -2.39. The van der Waals surface area contributed by atoms with Gasteiger partial charge in [0, 0.05) is 26.4 Å². The first kappa shape index (κ1) is 24.2. The van der Waals surface area contributed by atoms with Gasteiger partial charge in [0.05, 0.1) is 4.90 Å². The van der Waals surface area contributed by atoms with Crippen molar-refractivity contribution in [3.63, 3.8) is 0 Å². The van der Waals surface area contributed by atoms with Crippen molar-refractivity contribution in [3.05, 3.63) is 29.3 Å². The molecule has 154 valence electrons. The van der Waals surface area contributed by atoms with Crippen molar-refractivity contribution in [2.75, 3.05) is 19.8 Å². The molecule has 0 aliphatic heterocycles. The van der Waals surface area contributed by atoms with Crippen LogP contribution in [0.15, 0.2) is 28.1 Å². The molecule has 0 atom stereocenters. The van der Waals surface area contributed by atoms with Gasteiger partial charge in [0.15, 0.2) is 15.8 Å². The average molecular weight is 507 g/mol. The van der Waals surface area contributed by atoms with Crippen molar-refractivity contribution in [2.24, 2.45) is 10.9 Å². The van der Waals surface area contributed by atoms with Crippen molar-refractivity contribution in [2.45, 2.75) is 63.3 Å². The summed E-state index contributed by atoms with van der Waals surface area (Å²) in [4.78, 5) is 4.70. The second kappa shape index (κ2) is 11.9. The maximum atomic E-state index is 11.7. The Morgan fingerprint density at radius 1 is 1.11 bits per heavy atom. The van der Waals surface area contributed by atoms with Crippen LogP contribution in [-0.4, -0.2) is 34.2 Å². The summed E-state index contributed by atoms with van der Waals surface area (Å²) in [6.45, 7) is 3.42. The average Bonchev–Trinajstić information content (AvgIpc) is 2.55. The van der Waals surface area contributed by atoms with Crippen molar-refractivity contribution in [1.82, 2.24) is 10.6 Å². The number of hydrogen-bond donors (Lipinski definition) is 2. The molecule has 7 heteroatoms. The van der Waals surface area contributed by atoms with Crippen molar-refractivity contribution < 1.29 is 8.42 Å². The van der Waals surface area contributed by atoms with Crippen LogP contribution in [0.4, 0.5) is 0 Å². The van der Waals surface area contributed by atoms with Crippen LogP contribution in [0.1, 0.15) is 56.1 Å². The number of nitrogens with one attached hydrogen (secondary N) is 2. The maximum Gasteiger partial charge on any atom is 0.191 e. The number of benzene rings is 1. The molecule has 1 aromatic rings. The SMILES string of the molecule is CN=C(NCc1ccc(S(C)(=O)=O)c(C)c1)NCC1CCCCCCC1.I.